The second kappa shape index (κ2) is 12.3. The normalized spacial score (nSPS) is 16.6. The van der Waals surface area contributed by atoms with Crippen molar-refractivity contribution in [3.8, 4) is 5.75 Å². The zero-order valence-electron chi connectivity index (χ0n) is 17.3. The van der Waals surface area contributed by atoms with Crippen LogP contribution in [0.25, 0.3) is 0 Å². The number of hydrogen-bond donors (Lipinski definition) is 2. The summed E-state index contributed by atoms with van der Waals surface area (Å²) >= 11 is 2.26. The molecule has 2 N–H and O–H groups in total. The van der Waals surface area contributed by atoms with Crippen molar-refractivity contribution in [3.63, 3.8) is 0 Å². The molecule has 1 aliphatic rings. The van der Waals surface area contributed by atoms with Crippen molar-refractivity contribution >= 4 is 28.5 Å². The molecule has 1 aliphatic heterocycles. The lowest BCUT2D eigenvalue weighted by Gasteiger charge is -2.26. The number of piperidine rings is 1. The van der Waals surface area contributed by atoms with Crippen molar-refractivity contribution in [3.05, 3.63) is 65.7 Å². The van der Waals surface area contributed by atoms with E-state index < -0.39 is 0 Å². The van der Waals surface area contributed by atoms with Gasteiger partial charge in [0.25, 0.3) is 5.91 Å². The van der Waals surface area contributed by atoms with E-state index in [-0.39, 0.29) is 22.5 Å². The van der Waals surface area contributed by atoms with E-state index in [9.17, 15) is 9.90 Å². The Morgan fingerprint density at radius 3 is 2.43 bits per heavy atom. The smallest absolute Gasteiger partial charge is 0.251 e. The molecule has 1 amide bonds. The molecule has 2 aromatic carbocycles. The minimum atomic E-state index is -0.355. The van der Waals surface area contributed by atoms with Crippen LogP contribution in [0.2, 0.25) is 0 Å². The summed E-state index contributed by atoms with van der Waals surface area (Å²) in [6, 6.07) is 16.7. The Hall–Kier alpha value is -1.64. The summed E-state index contributed by atoms with van der Waals surface area (Å²) in [5.41, 5.74) is 1.64. The molecule has 162 valence electrons. The molecule has 6 heteroatoms. The number of aliphatic hydroxyl groups excluding tert-OH is 1. The van der Waals surface area contributed by atoms with Crippen LogP contribution in [0.3, 0.4) is 0 Å². The van der Waals surface area contributed by atoms with Gasteiger partial charge < -0.3 is 20.1 Å². The number of rotatable bonds is 10. The number of amides is 1. The largest absolute Gasteiger partial charge is 0.494 e. The summed E-state index contributed by atoms with van der Waals surface area (Å²) in [4.78, 5) is 15.1. The Labute approximate surface area is 193 Å². The third-order valence-electron chi connectivity index (χ3n) is 5.44. The zero-order valence-corrected chi connectivity index (χ0v) is 19.5. The lowest BCUT2D eigenvalue weighted by atomic mass is 10.1. The van der Waals surface area contributed by atoms with Gasteiger partial charge in [0.05, 0.1) is 23.2 Å². The highest BCUT2D eigenvalue weighted by Gasteiger charge is 2.22. The van der Waals surface area contributed by atoms with Crippen molar-refractivity contribution in [2.45, 2.75) is 35.6 Å². The molecule has 30 heavy (non-hydrogen) atoms. The highest BCUT2D eigenvalue weighted by atomic mass is 127. The minimum absolute atomic E-state index is 0.0136. The fraction of sp³-hybridized carbons (Fsp3) is 0.458. The Kier molecular flexibility index (Phi) is 9.42. The monoisotopic (exact) mass is 522 g/mol. The van der Waals surface area contributed by atoms with Crippen LogP contribution >= 0.6 is 22.6 Å². The maximum atomic E-state index is 12.6. The van der Waals surface area contributed by atoms with Gasteiger partial charge in [-0.2, -0.15) is 0 Å². The topological polar surface area (TPSA) is 61.8 Å². The maximum absolute atomic E-state index is 12.6. The molecule has 1 saturated heterocycles. The van der Waals surface area contributed by atoms with Gasteiger partial charge in [-0.1, -0.05) is 59.3 Å². The van der Waals surface area contributed by atoms with Crippen LogP contribution in [0.4, 0.5) is 0 Å². The molecule has 2 unspecified atom stereocenters. The predicted molar refractivity (Wildman–Crippen MR) is 128 cm³/mol. The first-order valence-corrected chi connectivity index (χ1v) is 12.0. The third-order valence-corrected chi connectivity index (χ3v) is 7.02. The zero-order chi connectivity index (χ0) is 21.2. The minimum Gasteiger partial charge on any atom is -0.494 e. The van der Waals surface area contributed by atoms with Crippen LogP contribution in [0, 0.1) is 0 Å². The Balaban J connectivity index is 1.45. The highest BCUT2D eigenvalue weighted by Crippen LogP contribution is 2.27. The fourth-order valence-corrected chi connectivity index (χ4v) is 4.52. The summed E-state index contributed by atoms with van der Waals surface area (Å²) in [7, 11) is 0. The van der Waals surface area contributed by atoms with E-state index in [4.69, 9.17) is 4.74 Å². The summed E-state index contributed by atoms with van der Waals surface area (Å²) < 4.78 is 5.82. The Morgan fingerprint density at radius 1 is 1.07 bits per heavy atom. The van der Waals surface area contributed by atoms with Gasteiger partial charge in [0.2, 0.25) is 0 Å². The molecule has 0 aliphatic carbocycles. The Bertz CT molecular complexity index is 764. The van der Waals surface area contributed by atoms with E-state index in [0.29, 0.717) is 12.2 Å². The van der Waals surface area contributed by atoms with E-state index in [2.05, 4.69) is 32.8 Å². The van der Waals surface area contributed by atoms with E-state index >= 15 is 0 Å². The first-order valence-electron chi connectivity index (χ1n) is 10.7. The SMILES string of the molecule is O=C(NC(CO)C(I)c1ccccc1)c1ccc(OCCCN2CCCCC2)cc1. The fourth-order valence-electron chi connectivity index (χ4n) is 3.70. The average Bonchev–Trinajstić information content (AvgIpc) is 2.81. The van der Waals surface area contributed by atoms with Gasteiger partial charge in [-0.05, 0) is 62.2 Å². The Morgan fingerprint density at radius 2 is 1.77 bits per heavy atom. The predicted octanol–water partition coefficient (Wildman–Crippen LogP) is 4.21. The molecule has 2 atom stereocenters. The molecule has 2 aromatic rings. The highest BCUT2D eigenvalue weighted by molar-refractivity contribution is 14.1. The van der Waals surface area contributed by atoms with Crippen LogP contribution < -0.4 is 10.1 Å². The van der Waals surface area contributed by atoms with Crippen LogP contribution in [0.15, 0.2) is 54.6 Å². The number of hydrogen-bond acceptors (Lipinski definition) is 4. The quantitative estimate of drug-likeness (QED) is 0.279. The van der Waals surface area contributed by atoms with Gasteiger partial charge in [-0.15, -0.1) is 0 Å². The second-order valence-electron chi connectivity index (χ2n) is 7.70. The molecule has 1 heterocycles. The summed E-state index contributed by atoms with van der Waals surface area (Å²) in [5, 5.41) is 12.7. The molecule has 3 rings (SSSR count). The number of halogens is 1. The third kappa shape index (κ3) is 6.96. The average molecular weight is 522 g/mol. The summed E-state index contributed by atoms with van der Waals surface area (Å²) in [6.45, 7) is 4.07. The molecule has 0 aromatic heterocycles. The van der Waals surface area contributed by atoms with Gasteiger partial charge in [-0.25, -0.2) is 0 Å². The van der Waals surface area contributed by atoms with Gasteiger partial charge >= 0.3 is 0 Å². The lowest BCUT2D eigenvalue weighted by Crippen LogP contribution is -2.40. The summed E-state index contributed by atoms with van der Waals surface area (Å²) in [6.07, 6.45) is 4.99. The number of alkyl halides is 1. The first kappa shape index (κ1) is 23.0. The number of aliphatic hydroxyl groups is 1. The van der Waals surface area contributed by atoms with E-state index in [1.807, 2.05) is 42.5 Å². The summed E-state index contributed by atoms with van der Waals surface area (Å²) in [5.74, 6) is 0.586. The van der Waals surface area contributed by atoms with Crippen LogP contribution in [0.1, 0.15) is 45.5 Å². The number of carbonyl (C=O) groups excluding carboxylic acids is 1. The van der Waals surface area contributed by atoms with E-state index in [1.165, 1.54) is 32.4 Å². The maximum Gasteiger partial charge on any atom is 0.251 e. The standard InChI is InChI=1S/C24H31IN2O3/c25-23(19-8-3-1-4-9-19)22(18-28)26-24(29)20-10-12-21(13-11-20)30-17-7-16-27-14-5-2-6-15-27/h1,3-4,8-13,22-23,28H,2,5-7,14-18H2,(H,26,29). The van der Waals surface area contributed by atoms with Crippen molar-refractivity contribution in [2.24, 2.45) is 0 Å². The van der Waals surface area contributed by atoms with Crippen molar-refractivity contribution in [1.29, 1.82) is 0 Å². The van der Waals surface area contributed by atoms with Crippen LogP contribution in [0.5, 0.6) is 5.75 Å². The molecule has 0 bridgehead atoms. The molecule has 0 saturated carbocycles. The number of likely N-dealkylation sites (tertiary alicyclic amines) is 1. The number of nitrogens with one attached hydrogen (secondary N) is 1. The number of ether oxygens (including phenoxy) is 1. The second-order valence-corrected chi connectivity index (χ2v) is 9.05. The van der Waals surface area contributed by atoms with Crippen molar-refractivity contribution in [1.82, 2.24) is 10.2 Å². The van der Waals surface area contributed by atoms with Crippen molar-refractivity contribution in [2.75, 3.05) is 32.8 Å². The molecule has 0 spiro atoms. The number of carbonyl (C=O) groups is 1. The molecular weight excluding hydrogens is 491 g/mol. The van der Waals surface area contributed by atoms with Gasteiger partial charge in [-0.3, -0.25) is 4.79 Å². The number of nitrogens with zero attached hydrogens (tertiary/aromatic N) is 1. The van der Waals surface area contributed by atoms with Gasteiger partial charge in [0, 0.05) is 12.1 Å². The van der Waals surface area contributed by atoms with Gasteiger partial charge in [0.15, 0.2) is 0 Å². The lowest BCUT2D eigenvalue weighted by molar-refractivity contribution is 0.0917. The number of benzene rings is 2. The first-order chi connectivity index (χ1) is 14.7. The molecule has 5 nitrogen and oxygen atoms in total. The van der Waals surface area contributed by atoms with Crippen LogP contribution in [-0.2, 0) is 0 Å². The van der Waals surface area contributed by atoms with Crippen molar-refractivity contribution < 1.29 is 14.6 Å². The van der Waals surface area contributed by atoms with E-state index in [1.54, 1.807) is 12.1 Å². The van der Waals surface area contributed by atoms with Gasteiger partial charge in [0.1, 0.15) is 5.75 Å². The molecule has 0 radical (unpaired) electrons. The van der Waals surface area contributed by atoms with E-state index in [0.717, 1.165) is 24.3 Å². The molecular formula is C24H31IN2O3. The molecule has 1 fully saturated rings. The van der Waals surface area contributed by atoms with Crippen LogP contribution in [-0.4, -0.2) is 54.8 Å².